The molecule has 2 aromatic carbocycles. The lowest BCUT2D eigenvalue weighted by molar-refractivity contribution is -0.137. The third kappa shape index (κ3) is 20.1. The van der Waals surface area contributed by atoms with Crippen LogP contribution in [0.15, 0.2) is 65.7 Å². The maximum Gasteiger partial charge on any atom is 0.416 e. The van der Waals surface area contributed by atoms with Gasteiger partial charge in [-0.3, -0.25) is 43.5 Å². The Kier molecular flexibility index (Phi) is 26.7. The first-order chi connectivity index (χ1) is 42.3. The number of aliphatic imine (C=N–C) groups is 1. The van der Waals surface area contributed by atoms with Gasteiger partial charge in [-0.2, -0.15) is 0 Å². The number of methoxy groups -OCH3 is 1. The number of ether oxygens (including phenoxy) is 8. The van der Waals surface area contributed by atoms with Crippen LogP contribution in [0.1, 0.15) is 104 Å². The largest absolute Gasteiger partial charge is 0.493 e. The van der Waals surface area contributed by atoms with Crippen LogP contribution < -0.4 is 29.7 Å². The molecule has 0 bridgehead atoms. The summed E-state index contributed by atoms with van der Waals surface area (Å²) in [6.07, 6.45) is 6.27. The molecule has 480 valence electrons. The highest BCUT2D eigenvalue weighted by molar-refractivity contribution is 8.77. The lowest BCUT2D eigenvalue weighted by Gasteiger charge is -2.32. The summed E-state index contributed by atoms with van der Waals surface area (Å²) in [4.78, 5) is 112. The zero-order chi connectivity index (χ0) is 63.2. The minimum Gasteiger partial charge on any atom is -0.493 e. The first-order valence-electron chi connectivity index (χ1n) is 29.8. The Balaban J connectivity index is 0.732. The van der Waals surface area contributed by atoms with Crippen molar-refractivity contribution < 1.29 is 81.4 Å². The van der Waals surface area contributed by atoms with Gasteiger partial charge in [-0.05, 0) is 77.0 Å². The number of hydrogen-bond acceptors (Lipinski definition) is 20. The number of imide groups is 1. The molecule has 24 nitrogen and oxygen atoms in total. The fourth-order valence-corrected chi connectivity index (χ4v) is 12.5. The van der Waals surface area contributed by atoms with Gasteiger partial charge < -0.3 is 63.4 Å². The zero-order valence-corrected chi connectivity index (χ0v) is 52.4. The van der Waals surface area contributed by atoms with Crippen molar-refractivity contribution in [3.05, 3.63) is 77.4 Å². The van der Waals surface area contributed by atoms with Gasteiger partial charge in [0, 0.05) is 94.7 Å². The number of rotatable bonds is 38. The number of anilines is 1. The molecule has 5 heterocycles. The first kappa shape index (κ1) is 68.7. The number of ketones is 1. The van der Waals surface area contributed by atoms with Crippen molar-refractivity contribution in [2.75, 3.05) is 123 Å². The molecule has 2 fully saturated rings. The summed E-state index contributed by atoms with van der Waals surface area (Å²) < 4.78 is 45.2. The second-order valence-corrected chi connectivity index (χ2v) is 25.4. The van der Waals surface area contributed by atoms with Crippen LogP contribution in [-0.2, 0) is 47.7 Å². The van der Waals surface area contributed by atoms with E-state index in [-0.39, 0.29) is 118 Å². The third-order valence-electron chi connectivity index (χ3n) is 14.8. The molecule has 2 saturated heterocycles. The van der Waals surface area contributed by atoms with Gasteiger partial charge in [-0.1, -0.05) is 45.9 Å². The van der Waals surface area contributed by atoms with Crippen molar-refractivity contribution in [1.29, 1.82) is 0 Å². The van der Waals surface area contributed by atoms with Gasteiger partial charge in [-0.15, -0.1) is 0 Å². The number of unbranched alkanes of at least 4 members (excludes halogenated alkanes) is 2. The maximum absolute atomic E-state index is 14.2. The highest BCUT2D eigenvalue weighted by atomic mass is 33.1. The van der Waals surface area contributed by atoms with E-state index in [1.54, 1.807) is 0 Å². The SMILES string of the molecule is C=C1C[C@H]2C=Nc3cc(OCCCCCOc4cc5c(cc4OC)C(=O)N4CC(=C)C[C@H]4C(O)N5C(=O)OCC(C)(C)SSCCC(=O)CCCNC(=O)CCOCCOCCOCCOCCNC(=O)CCN4C(=O)C=CC4=O)c(C)cc3C(=O)N2C1. The van der Waals surface area contributed by atoms with Crippen LogP contribution in [0.25, 0.3) is 0 Å². The molecule has 0 saturated carbocycles. The molecular formula is C62H83N7O17S2. The van der Waals surface area contributed by atoms with Crippen LogP contribution in [0, 0.1) is 6.92 Å². The number of aliphatic hydroxyl groups is 1. The van der Waals surface area contributed by atoms with Gasteiger partial charge in [-0.25, -0.2) is 9.69 Å². The van der Waals surface area contributed by atoms with E-state index in [0.717, 1.165) is 32.9 Å². The number of carbonyl (C=O) groups is 8. The van der Waals surface area contributed by atoms with Gasteiger partial charge in [0.15, 0.2) is 17.7 Å². The Hall–Kier alpha value is -6.81. The summed E-state index contributed by atoms with van der Waals surface area (Å²) in [6, 6.07) is 5.87. The average molecular weight is 1260 g/mol. The summed E-state index contributed by atoms with van der Waals surface area (Å²) in [5.74, 6) is 0.0429. The fourth-order valence-electron chi connectivity index (χ4n) is 10.1. The summed E-state index contributed by atoms with van der Waals surface area (Å²) in [5.41, 5.74) is 3.99. The van der Waals surface area contributed by atoms with Gasteiger partial charge in [0.1, 0.15) is 18.1 Å². The van der Waals surface area contributed by atoms with Gasteiger partial charge in [0.2, 0.25) is 11.8 Å². The number of aryl methyl sites for hydroxylation is 1. The van der Waals surface area contributed by atoms with E-state index < -0.39 is 40.8 Å². The molecule has 7 amide bonds. The number of nitrogens with zero attached hydrogens (tertiary/aromatic N) is 5. The van der Waals surface area contributed by atoms with E-state index in [1.165, 1.54) is 57.9 Å². The minimum atomic E-state index is -1.47. The smallest absolute Gasteiger partial charge is 0.416 e. The predicted molar refractivity (Wildman–Crippen MR) is 332 cm³/mol. The van der Waals surface area contributed by atoms with Crippen molar-refractivity contribution in [1.82, 2.24) is 25.3 Å². The maximum atomic E-state index is 14.2. The molecule has 0 radical (unpaired) electrons. The highest BCUT2D eigenvalue weighted by Gasteiger charge is 2.47. The number of nitrogens with one attached hydrogen (secondary N) is 2. The summed E-state index contributed by atoms with van der Waals surface area (Å²) in [7, 11) is 4.41. The number of fused-ring (bicyclic) bond motifs is 4. The molecular weight excluding hydrogens is 1180 g/mol. The standard InChI is InChI=1S/C62H83N7O17S2/c1-41-31-44-37-65-48-35-51(43(3)33-46(48)58(75)67(44)38-41)84-20-8-7-9-21-85-53-36-49-47(34-52(53)79-6)59(76)68-39-42(2)32-50(68)60(77)69(49)61(78)86-40-62(4,5)88-87-30-16-45(70)11-10-17-63-55(72)15-22-80-24-26-82-28-29-83-27-25-81-23-18-64-54(71)14-19-66-56(73)12-13-57(66)74/h12-13,33-37,44,50,60,77H,1-2,7-11,14-32,38-40H2,3-6H3,(H,63,72)(H,64,71)/t44-,50-,60?/m0/s1. The molecule has 3 atom stereocenters. The molecule has 7 rings (SSSR count). The van der Waals surface area contributed by atoms with E-state index in [9.17, 15) is 43.5 Å². The first-order valence-corrected chi connectivity index (χ1v) is 32.1. The molecule has 0 aliphatic carbocycles. The quantitative estimate of drug-likeness (QED) is 0.0298. The molecule has 2 aromatic rings. The van der Waals surface area contributed by atoms with Gasteiger partial charge in [0.25, 0.3) is 23.6 Å². The Morgan fingerprint density at radius 2 is 1.32 bits per heavy atom. The predicted octanol–water partition coefficient (Wildman–Crippen LogP) is 6.07. The topological polar surface area (TPSA) is 280 Å². The normalized spacial score (nSPS) is 17.9. The Morgan fingerprint density at radius 3 is 2.02 bits per heavy atom. The Morgan fingerprint density at radius 1 is 0.693 bits per heavy atom. The van der Waals surface area contributed by atoms with E-state index in [2.05, 4.69) is 28.8 Å². The molecule has 26 heteroatoms. The van der Waals surface area contributed by atoms with E-state index in [1.807, 2.05) is 44.0 Å². The number of aliphatic hydroxyl groups excluding tert-OH is 1. The Labute approximate surface area is 521 Å². The summed E-state index contributed by atoms with van der Waals surface area (Å²) in [6.45, 7) is 18.4. The van der Waals surface area contributed by atoms with Crippen LogP contribution in [0.5, 0.6) is 17.2 Å². The van der Waals surface area contributed by atoms with Crippen molar-refractivity contribution in [3.8, 4) is 17.2 Å². The Bertz CT molecular complexity index is 2900. The van der Waals surface area contributed by atoms with Crippen LogP contribution >= 0.6 is 21.6 Å². The number of amides is 7. The number of benzene rings is 2. The van der Waals surface area contributed by atoms with E-state index in [4.69, 9.17) is 37.9 Å². The second-order valence-electron chi connectivity index (χ2n) is 22.3. The van der Waals surface area contributed by atoms with E-state index in [0.29, 0.717) is 121 Å². The van der Waals surface area contributed by atoms with Crippen molar-refractivity contribution in [2.24, 2.45) is 4.99 Å². The minimum absolute atomic E-state index is 0.0175. The third-order valence-corrected chi connectivity index (χ3v) is 18.0. The van der Waals surface area contributed by atoms with Crippen LogP contribution in [0.2, 0.25) is 0 Å². The van der Waals surface area contributed by atoms with Crippen molar-refractivity contribution in [2.45, 2.75) is 108 Å². The number of hydrogen-bond donors (Lipinski definition) is 3. The second kappa shape index (κ2) is 34.2. The summed E-state index contributed by atoms with van der Waals surface area (Å²) in [5, 5.41) is 17.4. The molecule has 3 N–H and O–H groups in total. The molecule has 0 spiro atoms. The zero-order valence-electron chi connectivity index (χ0n) is 50.8. The molecule has 1 unspecified atom stereocenters. The molecule has 5 aliphatic rings. The van der Waals surface area contributed by atoms with E-state index >= 15 is 0 Å². The molecule has 5 aliphatic heterocycles. The van der Waals surface area contributed by atoms with Crippen molar-refractivity contribution >= 4 is 86.5 Å². The number of Topliss-reactive ketones (excluding diaryl/α,β-unsaturated/α-hetero) is 1. The van der Waals surface area contributed by atoms with Crippen LogP contribution in [0.3, 0.4) is 0 Å². The van der Waals surface area contributed by atoms with Gasteiger partial charge in [0.05, 0.1) is 113 Å². The fraction of sp³-hybridized carbons (Fsp3) is 0.565. The summed E-state index contributed by atoms with van der Waals surface area (Å²) >= 11 is 0. The average Bonchev–Trinajstić information content (AvgIpc) is 1.64. The monoisotopic (exact) mass is 1260 g/mol. The number of carbonyl (C=O) groups excluding carboxylic acids is 8. The molecule has 88 heavy (non-hydrogen) atoms. The molecule has 0 aromatic heterocycles. The van der Waals surface area contributed by atoms with Gasteiger partial charge >= 0.3 is 6.09 Å². The lowest BCUT2D eigenvalue weighted by atomic mass is 10.1. The van der Waals surface area contributed by atoms with Crippen molar-refractivity contribution in [3.63, 3.8) is 0 Å². The van der Waals surface area contributed by atoms with Crippen LogP contribution in [-0.4, -0.2) is 215 Å². The van der Waals surface area contributed by atoms with Crippen LogP contribution in [0.4, 0.5) is 16.2 Å². The lowest BCUT2D eigenvalue weighted by Crippen LogP contribution is -2.51. The highest BCUT2D eigenvalue weighted by Crippen LogP contribution is 2.43.